The van der Waals surface area contributed by atoms with E-state index in [4.69, 9.17) is 5.26 Å². The minimum absolute atomic E-state index is 0.00842. The molecule has 0 aromatic heterocycles. The molecule has 0 amide bonds. The van der Waals surface area contributed by atoms with Gasteiger partial charge in [-0.2, -0.15) is 18.4 Å². The van der Waals surface area contributed by atoms with Crippen molar-refractivity contribution in [3.8, 4) is 6.07 Å². The van der Waals surface area contributed by atoms with Crippen LogP contribution in [0.3, 0.4) is 0 Å². The molecule has 2 unspecified atom stereocenters. The molecule has 0 radical (unpaired) electrons. The first kappa shape index (κ1) is 14.9. The Morgan fingerprint density at radius 3 is 2.50 bits per heavy atom. The molecule has 18 heavy (non-hydrogen) atoms. The Balaban J connectivity index is 2.78. The van der Waals surface area contributed by atoms with Crippen molar-refractivity contribution < 1.29 is 17.6 Å². The summed E-state index contributed by atoms with van der Waals surface area (Å²) in [4.78, 5) is 5.39. The molecule has 2 atom stereocenters. The second kappa shape index (κ2) is 6.11. The van der Waals surface area contributed by atoms with Crippen molar-refractivity contribution in [3.05, 3.63) is 0 Å². The van der Waals surface area contributed by atoms with Crippen LogP contribution >= 0.6 is 0 Å². The SMILES string of the molecule is C=NCCN1CC(F)N(CC#N)CC1C(F)(F)F. The zero-order valence-electron chi connectivity index (χ0n) is 9.70. The lowest BCUT2D eigenvalue weighted by Crippen LogP contribution is -2.62. The number of nitrogens with zero attached hydrogens (tertiary/aromatic N) is 4. The van der Waals surface area contributed by atoms with Gasteiger partial charge in [-0.25, -0.2) is 4.39 Å². The van der Waals surface area contributed by atoms with Gasteiger partial charge in [0.25, 0.3) is 0 Å². The standard InChI is InChI=1S/C10H14F4N4/c1-16-3-5-17-7-9(11)18(4-2-15)6-8(17)10(12,13)14/h8-9H,1,3-7H2. The molecular weight excluding hydrogens is 252 g/mol. The van der Waals surface area contributed by atoms with Crippen molar-refractivity contribution in [2.45, 2.75) is 18.5 Å². The van der Waals surface area contributed by atoms with Crippen molar-refractivity contribution >= 4 is 6.72 Å². The van der Waals surface area contributed by atoms with Crippen LogP contribution in [0.5, 0.6) is 0 Å². The van der Waals surface area contributed by atoms with Gasteiger partial charge >= 0.3 is 6.18 Å². The van der Waals surface area contributed by atoms with Crippen LogP contribution in [0.4, 0.5) is 17.6 Å². The van der Waals surface area contributed by atoms with E-state index in [9.17, 15) is 17.6 Å². The summed E-state index contributed by atoms with van der Waals surface area (Å²) in [6, 6.07) is -0.0949. The second-order valence-corrected chi connectivity index (χ2v) is 4.02. The van der Waals surface area contributed by atoms with E-state index in [-0.39, 0.29) is 26.2 Å². The normalized spacial score (nSPS) is 26.8. The highest BCUT2D eigenvalue weighted by molar-refractivity contribution is 5.23. The van der Waals surface area contributed by atoms with Crippen LogP contribution in [-0.4, -0.2) is 67.8 Å². The maximum atomic E-state index is 13.6. The van der Waals surface area contributed by atoms with Gasteiger partial charge in [0, 0.05) is 19.6 Å². The van der Waals surface area contributed by atoms with E-state index in [0.717, 1.165) is 9.80 Å². The lowest BCUT2D eigenvalue weighted by Gasteiger charge is -2.42. The maximum absolute atomic E-state index is 13.6. The quantitative estimate of drug-likeness (QED) is 0.331. The predicted octanol–water partition coefficient (Wildman–Crippen LogP) is 1.05. The zero-order chi connectivity index (χ0) is 13.8. The molecule has 4 nitrogen and oxygen atoms in total. The third-order valence-corrected chi connectivity index (χ3v) is 2.83. The number of aliphatic imine (C=N–C) groups is 1. The molecule has 1 rings (SSSR count). The number of hydrogen-bond acceptors (Lipinski definition) is 4. The van der Waals surface area contributed by atoms with Crippen LogP contribution in [0.2, 0.25) is 0 Å². The van der Waals surface area contributed by atoms with Gasteiger partial charge in [0.05, 0.1) is 19.2 Å². The first-order chi connectivity index (χ1) is 8.40. The lowest BCUT2D eigenvalue weighted by molar-refractivity contribution is -0.208. The largest absolute Gasteiger partial charge is 0.405 e. The van der Waals surface area contributed by atoms with E-state index in [0.29, 0.717) is 0 Å². The second-order valence-electron chi connectivity index (χ2n) is 4.02. The summed E-state index contributed by atoms with van der Waals surface area (Å²) in [7, 11) is 0. The molecular formula is C10H14F4N4. The van der Waals surface area contributed by atoms with Gasteiger partial charge in [-0.3, -0.25) is 14.8 Å². The minimum Gasteiger partial charge on any atom is -0.300 e. The van der Waals surface area contributed by atoms with Crippen molar-refractivity contribution in [1.82, 2.24) is 9.80 Å². The van der Waals surface area contributed by atoms with E-state index in [1.807, 2.05) is 0 Å². The van der Waals surface area contributed by atoms with Crippen LogP contribution in [0, 0.1) is 11.3 Å². The Morgan fingerprint density at radius 2 is 2.00 bits per heavy atom. The number of piperazine rings is 1. The maximum Gasteiger partial charge on any atom is 0.405 e. The topological polar surface area (TPSA) is 42.6 Å². The molecule has 1 aliphatic rings. The Kier molecular flexibility index (Phi) is 5.04. The van der Waals surface area contributed by atoms with Crippen LogP contribution in [0.25, 0.3) is 0 Å². The van der Waals surface area contributed by atoms with Crippen LogP contribution in [-0.2, 0) is 0 Å². The fraction of sp³-hybridized carbons (Fsp3) is 0.800. The Hall–Kier alpha value is -1.20. The Bertz CT molecular complexity index is 325. The van der Waals surface area contributed by atoms with Gasteiger partial charge < -0.3 is 0 Å². The van der Waals surface area contributed by atoms with E-state index in [1.165, 1.54) is 0 Å². The molecule has 0 N–H and O–H groups in total. The molecule has 0 bridgehead atoms. The average molecular weight is 266 g/mol. The molecule has 1 heterocycles. The summed E-state index contributed by atoms with van der Waals surface area (Å²) in [5.74, 6) is 0. The third kappa shape index (κ3) is 3.65. The van der Waals surface area contributed by atoms with Crippen molar-refractivity contribution in [3.63, 3.8) is 0 Å². The summed E-state index contributed by atoms with van der Waals surface area (Å²) in [5, 5.41) is 8.46. The number of alkyl halides is 4. The first-order valence-electron chi connectivity index (χ1n) is 5.38. The highest BCUT2D eigenvalue weighted by Gasteiger charge is 2.48. The van der Waals surface area contributed by atoms with Gasteiger partial charge in [0.2, 0.25) is 0 Å². The van der Waals surface area contributed by atoms with Crippen LogP contribution in [0.15, 0.2) is 4.99 Å². The van der Waals surface area contributed by atoms with E-state index in [1.54, 1.807) is 6.07 Å². The molecule has 0 aliphatic carbocycles. The number of hydrogen-bond donors (Lipinski definition) is 0. The lowest BCUT2D eigenvalue weighted by atomic mass is 10.1. The first-order valence-corrected chi connectivity index (χ1v) is 5.38. The van der Waals surface area contributed by atoms with Crippen LogP contribution in [0.1, 0.15) is 0 Å². The monoisotopic (exact) mass is 266 g/mol. The molecule has 0 saturated carbocycles. The number of nitriles is 1. The van der Waals surface area contributed by atoms with Gasteiger partial charge in [-0.05, 0) is 6.72 Å². The van der Waals surface area contributed by atoms with Crippen LogP contribution < -0.4 is 0 Å². The molecule has 102 valence electrons. The van der Waals surface area contributed by atoms with Gasteiger partial charge in [0.1, 0.15) is 6.04 Å². The summed E-state index contributed by atoms with van der Waals surface area (Å²) >= 11 is 0. The summed E-state index contributed by atoms with van der Waals surface area (Å²) in [5.41, 5.74) is 0. The third-order valence-electron chi connectivity index (χ3n) is 2.83. The highest BCUT2D eigenvalue weighted by Crippen LogP contribution is 2.29. The van der Waals surface area contributed by atoms with Gasteiger partial charge in [-0.1, -0.05) is 0 Å². The number of halogens is 4. The molecule has 0 aromatic rings. The fourth-order valence-corrected chi connectivity index (χ4v) is 1.90. The fourth-order valence-electron chi connectivity index (χ4n) is 1.90. The number of rotatable bonds is 4. The van der Waals surface area contributed by atoms with Crippen molar-refractivity contribution in [2.24, 2.45) is 4.99 Å². The predicted molar refractivity (Wildman–Crippen MR) is 57.9 cm³/mol. The van der Waals surface area contributed by atoms with Gasteiger partial charge in [0.15, 0.2) is 6.30 Å². The van der Waals surface area contributed by atoms with Crippen molar-refractivity contribution in [1.29, 1.82) is 5.26 Å². The van der Waals surface area contributed by atoms with E-state index >= 15 is 0 Å². The van der Waals surface area contributed by atoms with Gasteiger partial charge in [-0.15, -0.1) is 0 Å². The van der Waals surface area contributed by atoms with E-state index < -0.39 is 25.1 Å². The highest BCUT2D eigenvalue weighted by atomic mass is 19.4. The minimum atomic E-state index is -4.45. The summed E-state index contributed by atoms with van der Waals surface area (Å²) < 4.78 is 52.1. The van der Waals surface area contributed by atoms with Crippen molar-refractivity contribution in [2.75, 3.05) is 32.7 Å². The summed E-state index contributed by atoms with van der Waals surface area (Å²) in [6.45, 7) is 2.07. The molecule has 0 aromatic carbocycles. The Morgan fingerprint density at radius 1 is 1.33 bits per heavy atom. The van der Waals surface area contributed by atoms with E-state index in [2.05, 4.69) is 11.7 Å². The molecule has 1 fully saturated rings. The average Bonchev–Trinajstić information content (AvgIpc) is 2.28. The molecule has 1 aliphatic heterocycles. The zero-order valence-corrected chi connectivity index (χ0v) is 9.70. The molecule has 0 spiro atoms. The smallest absolute Gasteiger partial charge is 0.300 e. The summed E-state index contributed by atoms with van der Waals surface area (Å²) in [6.07, 6.45) is -6.01. The molecule has 1 saturated heterocycles. The Labute approximate surface area is 102 Å². The molecule has 8 heteroatoms.